The van der Waals surface area contributed by atoms with Gasteiger partial charge in [-0.15, -0.1) is 29.7 Å². The third kappa shape index (κ3) is 9.49. The van der Waals surface area contributed by atoms with Gasteiger partial charge in [-0.3, -0.25) is 0 Å². The molecular weight excluding hydrogens is 1270 g/mol. The fourth-order valence-electron chi connectivity index (χ4n) is 11.9. The van der Waals surface area contributed by atoms with Crippen molar-refractivity contribution in [2.45, 2.75) is 59.2 Å². The quantitative estimate of drug-likeness (QED) is 0.0625. The molecule has 0 amide bonds. The monoisotopic (exact) mass is 1360 g/mol. The number of imidazole rings is 1. The largest absolute Gasteiger partial charge is 0.509 e. The Morgan fingerprint density at radius 2 is 1.10 bits per heavy atom. The zero-order chi connectivity index (χ0) is 80.8. The number of para-hydroxylation sites is 3. The first-order valence-corrected chi connectivity index (χ1v) is 30.1. The van der Waals surface area contributed by atoms with Gasteiger partial charge in [0.2, 0.25) is 0 Å². The van der Waals surface area contributed by atoms with E-state index in [1.54, 1.807) is 80.7 Å². The van der Waals surface area contributed by atoms with Gasteiger partial charge in [0.15, 0.2) is 19.1 Å². The van der Waals surface area contributed by atoms with Crippen LogP contribution in [-0.2, 0) is 31.9 Å². The Hall–Kier alpha value is -9.45. The average Bonchev–Trinajstić information content (AvgIpc) is 1.23. The zero-order valence-electron chi connectivity index (χ0n) is 73.2. The van der Waals surface area contributed by atoms with Crippen LogP contribution in [0, 0.1) is 19.0 Å². The first kappa shape index (κ1) is 34.8. The molecule has 14 aromatic rings. The smallest absolute Gasteiger partial charge is 0.253 e. The number of aromatic nitrogens is 4. The molecule has 5 nitrogen and oxygen atoms in total. The standard InChI is InChI=1S/C81H65N4OSi.Pt/c1-54-44-45-82-77(46-54)85-74-38-20-19-34-69(74)70-42-40-60(51-76(70)85)86-59-25-21-24-58(50-59)83-53-84-78-65(55-47-56(80(2,3)4)49-57(48-55)81(5,6)7)35-22-36-72(78)73-52-64(41-43-68(73)66-32-17-18-33-67(66)71-37-23-39-75(83)79(71)84)87(61-26-11-8-12-27-61,62-28-13-9-14-29-62)63-30-15-10-16-31-63;/h8-49,52-53H,1-7H3;/q-1;/i1D3,8D,9D,10D,11D,12D,13D,14D,15D,16D,17D,18D,26D,27D,28D,29D,30D,31D,32D,33D,41D,43D,52D;. The van der Waals surface area contributed by atoms with Crippen molar-refractivity contribution >= 4 is 61.7 Å². The van der Waals surface area contributed by atoms with Crippen LogP contribution in [0.1, 0.15) is 92.5 Å². The Morgan fingerprint density at radius 1 is 0.511 bits per heavy atom. The van der Waals surface area contributed by atoms with E-state index in [2.05, 4.69) is 23.2 Å². The number of ether oxygens (including phenoxy) is 1. The van der Waals surface area contributed by atoms with Gasteiger partial charge in [-0.2, -0.15) is 16.7 Å². The van der Waals surface area contributed by atoms with Crippen LogP contribution >= 0.6 is 0 Å². The van der Waals surface area contributed by atoms with Crippen LogP contribution in [0.25, 0.3) is 94.5 Å². The summed E-state index contributed by atoms with van der Waals surface area (Å²) in [5.74, 6) is 0.704. The average molecular weight is 1360 g/mol. The van der Waals surface area contributed by atoms with Gasteiger partial charge in [0.25, 0.3) is 6.33 Å². The van der Waals surface area contributed by atoms with Crippen molar-refractivity contribution in [2.24, 2.45) is 0 Å². The molecule has 15 rings (SSSR count). The van der Waals surface area contributed by atoms with Crippen molar-refractivity contribution in [3.8, 4) is 73.2 Å². The maximum atomic E-state index is 11.5. The maximum Gasteiger partial charge on any atom is 0.253 e. The molecule has 0 unspecified atom stereocenters. The van der Waals surface area contributed by atoms with Gasteiger partial charge in [-0.05, 0) is 119 Å². The van der Waals surface area contributed by atoms with E-state index in [4.69, 9.17) is 13.0 Å². The molecule has 0 saturated heterocycles. The first-order valence-electron chi connectivity index (χ1n) is 40.6. The summed E-state index contributed by atoms with van der Waals surface area (Å²) in [6.07, 6.45) is 3.12. The maximum absolute atomic E-state index is 11.5. The predicted molar refractivity (Wildman–Crippen MR) is 362 cm³/mol. The molecule has 1 aliphatic heterocycles. The number of hydrogen-bond donors (Lipinski definition) is 0. The van der Waals surface area contributed by atoms with Crippen LogP contribution < -0.4 is 30.1 Å². The molecule has 0 N–H and O–H groups in total. The van der Waals surface area contributed by atoms with Gasteiger partial charge < -0.3 is 9.30 Å². The third-order valence-electron chi connectivity index (χ3n) is 16.1. The minimum absolute atomic E-state index is 0. The summed E-state index contributed by atoms with van der Waals surface area (Å²) < 4.78 is 252. The summed E-state index contributed by atoms with van der Waals surface area (Å²) in [7, 11) is -6.47. The molecule has 88 heavy (non-hydrogen) atoms. The van der Waals surface area contributed by atoms with Gasteiger partial charge >= 0.3 is 0 Å². The molecule has 4 heterocycles. The van der Waals surface area contributed by atoms with E-state index in [0.29, 0.717) is 33.7 Å². The fraction of sp³-hybridized carbons (Fsp3) is 0.111. The summed E-state index contributed by atoms with van der Waals surface area (Å²) in [4.78, 5) is 4.61. The molecule has 430 valence electrons. The second kappa shape index (κ2) is 22.1. The third-order valence-corrected chi connectivity index (χ3v) is 20.1. The first-order chi connectivity index (χ1) is 52.7. The second-order valence-corrected chi connectivity index (χ2v) is 26.9. The van der Waals surface area contributed by atoms with Crippen molar-refractivity contribution < 1.29 is 64.6 Å². The topological polar surface area (TPSA) is 35.9 Å². The SMILES string of the molecule is [2H]c1c([2H])c([2H])c([Si](c2c([2H])c([2H])c([2H])c([2H])c2[2H])(c2c([2H])c([2H])c([2H])c([2H])c2[2H])c2c([2H])c([2H])c3c(c2[2H])-c2cccc(-c4cc(C(C)(C)C)cc(C(C)(C)C)c4)c2-[n+]2cn(-c4[c-]c(Oc5[c-]c6c(cc5)c5ccccc5n6-c5cc(C([2H])([2H])[2H])ccn5)ccc4)c4cccc(c42)-c2c([2H])c([2H])c([2H])c([2H])c2-3)c([2H])c1[2H].[Pt]. The van der Waals surface area contributed by atoms with Crippen LogP contribution in [0.2, 0.25) is 0 Å². The van der Waals surface area contributed by atoms with Crippen LogP contribution in [0.3, 0.4) is 0 Å². The molecule has 0 fully saturated rings. The number of hydrogen-bond acceptors (Lipinski definition) is 2. The van der Waals surface area contributed by atoms with E-state index < -0.39 is 196 Å². The molecule has 1 aliphatic rings. The summed E-state index contributed by atoms with van der Waals surface area (Å²) in [5.41, 5.74) is 2.30. The molecule has 0 bridgehead atoms. The van der Waals surface area contributed by atoms with Gasteiger partial charge in [-0.1, -0.05) is 247 Å². The fourth-order valence-corrected chi connectivity index (χ4v) is 15.4. The number of aryl methyl sites for hydroxylation is 1. The van der Waals surface area contributed by atoms with Crippen LogP contribution in [0.15, 0.2) is 267 Å². The molecule has 11 aromatic carbocycles. The van der Waals surface area contributed by atoms with E-state index in [9.17, 15) is 26.0 Å². The Balaban J connectivity index is 0.0000106. The van der Waals surface area contributed by atoms with Crippen LogP contribution in [0.5, 0.6) is 11.5 Å². The molecular formula is C81H65N4OPtSi-. The van der Waals surface area contributed by atoms with Crippen LogP contribution in [-0.4, -0.2) is 22.2 Å². The van der Waals surface area contributed by atoms with Crippen molar-refractivity contribution in [3.63, 3.8) is 0 Å². The van der Waals surface area contributed by atoms with Gasteiger partial charge in [0.1, 0.15) is 11.5 Å². The van der Waals surface area contributed by atoms with Crippen molar-refractivity contribution in [2.75, 3.05) is 0 Å². The number of benzene rings is 11. The van der Waals surface area contributed by atoms with Crippen molar-refractivity contribution in [1.29, 1.82) is 0 Å². The Bertz CT molecular complexity index is 6210. The molecule has 7 heteroatoms. The molecule has 0 spiro atoms. The van der Waals surface area contributed by atoms with E-state index >= 15 is 0 Å². The van der Waals surface area contributed by atoms with Gasteiger partial charge in [0, 0.05) is 70.8 Å². The minimum Gasteiger partial charge on any atom is -0.509 e. The van der Waals surface area contributed by atoms with Gasteiger partial charge in [-0.25, -0.2) is 9.55 Å². The summed E-state index contributed by atoms with van der Waals surface area (Å²) >= 11 is 0. The molecule has 0 atom stereocenters. The summed E-state index contributed by atoms with van der Waals surface area (Å²) in [6, 6.07) is 19.1. The molecule has 0 saturated carbocycles. The van der Waals surface area contributed by atoms with Gasteiger partial charge in [0.05, 0.1) is 30.2 Å². The van der Waals surface area contributed by atoms with E-state index in [1.807, 2.05) is 84.0 Å². The number of rotatable bonds is 9. The van der Waals surface area contributed by atoms with Crippen molar-refractivity contribution in [1.82, 2.24) is 14.1 Å². The predicted octanol–water partition coefficient (Wildman–Crippen LogP) is 17.1. The normalized spacial score (nSPS) is 16.3. The number of pyridine rings is 1. The molecule has 0 aliphatic carbocycles. The second-order valence-electron chi connectivity index (χ2n) is 23.4. The molecule has 0 radical (unpaired) electrons. The van der Waals surface area contributed by atoms with E-state index in [0.717, 1.165) is 27.4 Å². The Labute approximate surface area is 566 Å². The summed E-state index contributed by atoms with van der Waals surface area (Å²) in [5, 5.41) is -2.45. The number of fused-ring (bicyclic) bond motifs is 10. The van der Waals surface area contributed by atoms with Crippen LogP contribution in [0.4, 0.5) is 0 Å². The van der Waals surface area contributed by atoms with E-state index in [1.165, 1.54) is 18.3 Å². The Morgan fingerprint density at radius 3 is 1.78 bits per heavy atom. The zero-order valence-corrected chi connectivity index (χ0v) is 51.5. The molecule has 3 aromatic heterocycles. The minimum atomic E-state index is -6.47. The Kier molecular flexibility index (Phi) is 8.71. The summed E-state index contributed by atoms with van der Waals surface area (Å²) in [6.45, 7) is 9.82. The van der Waals surface area contributed by atoms with E-state index in [-0.39, 0.29) is 66.0 Å². The number of nitrogens with zero attached hydrogens (tertiary/aromatic N) is 4. The van der Waals surface area contributed by atoms with Crippen molar-refractivity contribution in [3.05, 3.63) is 296 Å².